The number of hydrogen-bond acceptors (Lipinski definition) is 7. The van der Waals surface area contributed by atoms with Gasteiger partial charge in [0.2, 0.25) is 5.78 Å². The first-order valence-corrected chi connectivity index (χ1v) is 4.67. The Morgan fingerprint density at radius 2 is 1.20 bits per heavy atom. The normalized spacial score (nSPS) is 7.70. The van der Waals surface area contributed by atoms with Crippen LogP contribution >= 0.6 is 0 Å². The maximum absolute atomic E-state index is 10.2. The van der Waals surface area contributed by atoms with Gasteiger partial charge in [0.05, 0.1) is 6.42 Å². The van der Waals surface area contributed by atoms with Crippen molar-refractivity contribution in [2.75, 3.05) is 0 Å². The van der Waals surface area contributed by atoms with Gasteiger partial charge < -0.3 is 21.7 Å². The zero-order valence-electron chi connectivity index (χ0n) is 10.3. The number of hydrogen-bond donors (Lipinski definition) is 10. The fourth-order valence-corrected chi connectivity index (χ4v) is 0.327. The van der Waals surface area contributed by atoms with E-state index in [0.29, 0.717) is 0 Å². The molecule has 0 aromatic rings. The van der Waals surface area contributed by atoms with E-state index in [-0.39, 0.29) is 11.9 Å². The topological polar surface area (TPSA) is 268 Å². The summed E-state index contributed by atoms with van der Waals surface area (Å²) in [5.41, 5.74) is 13.1. The molecule has 0 saturated heterocycles. The van der Waals surface area contributed by atoms with Gasteiger partial charge in [-0.1, -0.05) is 0 Å². The summed E-state index contributed by atoms with van der Waals surface area (Å²) in [5.74, 6) is 4.89. The van der Waals surface area contributed by atoms with E-state index in [4.69, 9.17) is 21.0 Å². The van der Waals surface area contributed by atoms with Crippen LogP contribution in [0.3, 0.4) is 0 Å². The van der Waals surface area contributed by atoms with Crippen molar-refractivity contribution >= 4 is 29.6 Å². The van der Waals surface area contributed by atoms with Gasteiger partial charge in [0, 0.05) is 6.42 Å². The third-order valence-electron chi connectivity index (χ3n) is 1.12. The van der Waals surface area contributed by atoms with Crippen LogP contribution in [0.25, 0.3) is 0 Å². The Morgan fingerprint density at radius 3 is 1.35 bits per heavy atom. The molecule has 0 aliphatic carbocycles. The van der Waals surface area contributed by atoms with E-state index in [2.05, 4.69) is 23.2 Å². The molecule has 0 aliphatic heterocycles. The van der Waals surface area contributed by atoms with Crippen LogP contribution in [0, 0.1) is 10.8 Å². The third kappa shape index (κ3) is 29.4. The van der Waals surface area contributed by atoms with E-state index in [9.17, 15) is 14.4 Å². The van der Waals surface area contributed by atoms with Gasteiger partial charge in [-0.25, -0.2) is 16.5 Å². The molecule has 0 aliphatic rings. The van der Waals surface area contributed by atoms with Crippen molar-refractivity contribution in [1.82, 2.24) is 10.9 Å². The molecule has 0 heterocycles. The lowest BCUT2D eigenvalue weighted by Crippen LogP contribution is -2.35. The van der Waals surface area contributed by atoms with Gasteiger partial charge >= 0.3 is 11.9 Å². The van der Waals surface area contributed by atoms with Crippen molar-refractivity contribution < 1.29 is 24.6 Å². The number of carboxylic acid groups (broad SMARTS) is 2. The number of aliphatic carboxylic acids is 2. The van der Waals surface area contributed by atoms with Crippen LogP contribution in [-0.4, -0.2) is 39.9 Å². The highest BCUT2D eigenvalue weighted by molar-refractivity contribution is 6.32. The van der Waals surface area contributed by atoms with E-state index < -0.39 is 30.6 Å². The third-order valence-corrected chi connectivity index (χ3v) is 1.12. The van der Waals surface area contributed by atoms with E-state index in [1.54, 1.807) is 0 Å². The van der Waals surface area contributed by atoms with Crippen molar-refractivity contribution in [3.63, 3.8) is 0 Å². The van der Waals surface area contributed by atoms with Crippen molar-refractivity contribution in [2.45, 2.75) is 12.8 Å². The maximum Gasteiger partial charge on any atom is 0.372 e. The molecule has 0 spiro atoms. The summed E-state index contributed by atoms with van der Waals surface area (Å²) >= 11 is 0. The van der Waals surface area contributed by atoms with Gasteiger partial charge in [0.1, 0.15) is 0 Å². The molecule has 116 valence electrons. The molecular formula is C7H18N8O5. The summed E-state index contributed by atoms with van der Waals surface area (Å²) in [7, 11) is 0. The predicted molar refractivity (Wildman–Crippen MR) is 68.0 cm³/mol. The molecular weight excluding hydrogens is 276 g/mol. The van der Waals surface area contributed by atoms with Crippen LogP contribution in [-0.2, 0) is 14.4 Å². The number of Topliss-reactive ketones (excluding diaryl/α,β-unsaturated/α-hetero) is 1. The smallest absolute Gasteiger partial charge is 0.372 e. The second kappa shape index (κ2) is 14.1. The minimum atomic E-state index is -1.58. The van der Waals surface area contributed by atoms with Crippen molar-refractivity contribution in [3.8, 4) is 0 Å². The van der Waals surface area contributed by atoms with Gasteiger partial charge in [0.25, 0.3) is 0 Å². The molecule has 0 aromatic carbocycles. The summed E-state index contributed by atoms with van der Waals surface area (Å²) in [6.45, 7) is 0. The Balaban J connectivity index is -0.000000244. The molecule has 14 N–H and O–H groups in total. The molecule has 0 rings (SSSR count). The Hall–Kier alpha value is -2.93. The van der Waals surface area contributed by atoms with Crippen molar-refractivity contribution in [1.29, 1.82) is 10.8 Å². The molecule has 0 atom stereocenters. The SMILES string of the molecule is N=C(N)NN.N=C(N)NN.O=C(O)CCC(=O)C(=O)O. The van der Waals surface area contributed by atoms with E-state index in [1.165, 1.54) is 0 Å². The summed E-state index contributed by atoms with van der Waals surface area (Å²) in [6.07, 6.45) is -0.865. The largest absolute Gasteiger partial charge is 0.481 e. The number of carbonyl (C=O) groups is 3. The van der Waals surface area contributed by atoms with Crippen LogP contribution in [0.1, 0.15) is 12.8 Å². The lowest BCUT2D eigenvalue weighted by molar-refractivity contribution is -0.149. The highest BCUT2D eigenvalue weighted by Gasteiger charge is 2.12. The van der Waals surface area contributed by atoms with Gasteiger partial charge in [-0.3, -0.25) is 31.3 Å². The molecule has 0 aromatic heterocycles. The molecule has 0 amide bonds. The number of carboxylic acids is 2. The second-order valence-corrected chi connectivity index (χ2v) is 2.74. The van der Waals surface area contributed by atoms with Gasteiger partial charge in [-0.05, 0) is 0 Å². The summed E-state index contributed by atoms with van der Waals surface area (Å²) in [4.78, 5) is 29.7. The average molecular weight is 294 g/mol. The zero-order valence-corrected chi connectivity index (χ0v) is 10.3. The van der Waals surface area contributed by atoms with Crippen LogP contribution in [0.15, 0.2) is 0 Å². The first-order valence-electron chi connectivity index (χ1n) is 4.67. The Kier molecular flexibility index (Phi) is 15.7. The Labute approximate surface area is 113 Å². The highest BCUT2D eigenvalue weighted by Crippen LogP contribution is 1.89. The number of guanidine groups is 2. The van der Waals surface area contributed by atoms with E-state index >= 15 is 0 Å². The molecule has 0 fully saturated rings. The van der Waals surface area contributed by atoms with Crippen LogP contribution in [0.2, 0.25) is 0 Å². The quantitative estimate of drug-likeness (QED) is 0.0788. The Bertz CT molecular complexity index is 343. The molecule has 13 heteroatoms. The number of ketones is 1. The molecule has 13 nitrogen and oxygen atoms in total. The lowest BCUT2D eigenvalue weighted by Gasteiger charge is -1.88. The number of carbonyl (C=O) groups excluding carboxylic acids is 1. The fourth-order valence-electron chi connectivity index (χ4n) is 0.327. The van der Waals surface area contributed by atoms with Crippen LogP contribution < -0.4 is 34.0 Å². The first kappa shape index (κ1) is 22.3. The van der Waals surface area contributed by atoms with E-state index in [1.807, 2.05) is 10.9 Å². The summed E-state index contributed by atoms with van der Waals surface area (Å²) in [5, 5.41) is 28.5. The van der Waals surface area contributed by atoms with Crippen molar-refractivity contribution in [3.05, 3.63) is 0 Å². The molecule has 0 bridgehead atoms. The lowest BCUT2D eigenvalue weighted by atomic mass is 10.2. The van der Waals surface area contributed by atoms with Crippen LogP contribution in [0.4, 0.5) is 0 Å². The predicted octanol–water partition coefficient (Wildman–Crippen LogP) is -3.81. The fraction of sp³-hybridized carbons (Fsp3) is 0.286. The highest BCUT2D eigenvalue weighted by atomic mass is 16.4. The first-order chi connectivity index (χ1) is 9.08. The Morgan fingerprint density at radius 1 is 0.900 bits per heavy atom. The second-order valence-electron chi connectivity index (χ2n) is 2.74. The summed E-state index contributed by atoms with van der Waals surface area (Å²) in [6, 6.07) is 0. The van der Waals surface area contributed by atoms with Gasteiger partial charge in [-0.2, -0.15) is 0 Å². The minimum Gasteiger partial charge on any atom is -0.481 e. The number of rotatable bonds is 4. The average Bonchev–Trinajstić information content (AvgIpc) is 2.36. The molecule has 0 saturated carbocycles. The number of nitrogens with one attached hydrogen (secondary N) is 4. The monoisotopic (exact) mass is 294 g/mol. The van der Waals surface area contributed by atoms with Gasteiger partial charge in [0.15, 0.2) is 11.9 Å². The van der Waals surface area contributed by atoms with E-state index in [0.717, 1.165) is 0 Å². The number of nitrogens with two attached hydrogens (primary N) is 4. The van der Waals surface area contributed by atoms with Crippen molar-refractivity contribution in [2.24, 2.45) is 23.2 Å². The molecule has 0 unspecified atom stereocenters. The van der Waals surface area contributed by atoms with Gasteiger partial charge in [-0.15, -0.1) is 0 Å². The standard InChI is InChI=1S/C5H6O5.2CH6N4/c6-3(5(9)10)1-2-4(7)8;2*2-1(3)5-4/h1-2H2,(H,7,8)(H,9,10);2*4H2,(H4,2,3,5). The molecule has 0 radical (unpaired) electrons. The zero-order chi connectivity index (χ0) is 16.7. The number of hydrazine groups is 2. The maximum atomic E-state index is 10.2. The summed E-state index contributed by atoms with van der Waals surface area (Å²) < 4.78 is 0. The minimum absolute atomic E-state index is 0.218. The van der Waals surface area contributed by atoms with Crippen LogP contribution in [0.5, 0.6) is 0 Å². The molecule has 20 heavy (non-hydrogen) atoms.